The summed E-state index contributed by atoms with van der Waals surface area (Å²) in [5.74, 6) is -3.26. The largest absolute Gasteiger partial charge is 0.504 e. The van der Waals surface area contributed by atoms with Crippen LogP contribution in [0, 0.1) is 5.82 Å². The van der Waals surface area contributed by atoms with Crippen molar-refractivity contribution in [2.75, 3.05) is 11.4 Å². The number of nitrogens with two attached hydrogens (primary N) is 1. The molecule has 1 unspecified atom stereocenters. The Bertz CT molecular complexity index is 760. The maximum absolute atomic E-state index is 14.2. The van der Waals surface area contributed by atoms with Crippen molar-refractivity contribution in [1.29, 1.82) is 0 Å². The van der Waals surface area contributed by atoms with E-state index >= 15 is 0 Å². The summed E-state index contributed by atoms with van der Waals surface area (Å²) in [7, 11) is -4.51. The lowest BCUT2D eigenvalue weighted by atomic mass is 10.2. The number of thiophene rings is 1. The van der Waals surface area contributed by atoms with Crippen LogP contribution >= 0.6 is 19.1 Å². The molecule has 0 spiro atoms. The number of urea groups is 1. The van der Waals surface area contributed by atoms with Crippen LogP contribution in [0.15, 0.2) is 0 Å². The summed E-state index contributed by atoms with van der Waals surface area (Å²) in [6, 6.07) is -2.00. The van der Waals surface area contributed by atoms with E-state index < -0.39 is 50.1 Å². The number of anilines is 1. The number of nitrogens with one attached hydrogen (secondary N) is 2. The van der Waals surface area contributed by atoms with Crippen LogP contribution < -0.4 is 21.0 Å². The predicted molar refractivity (Wildman–Crippen MR) is 89.3 cm³/mol. The number of nitrogens with zero attached hydrogens (tertiary/aromatic N) is 1. The summed E-state index contributed by atoms with van der Waals surface area (Å²) in [5, 5.41) is 22.6. The number of halogens is 1. The molecule has 1 aromatic heterocycles. The molecule has 1 fully saturated rings. The van der Waals surface area contributed by atoms with Crippen LogP contribution in [0.3, 0.4) is 0 Å². The number of carbonyl (C=O) groups is 2. The molecule has 11 nitrogen and oxygen atoms in total. The highest BCUT2D eigenvalue weighted by Crippen LogP contribution is 2.44. The van der Waals surface area contributed by atoms with Crippen LogP contribution in [0.2, 0.25) is 0 Å². The molecule has 0 radical (unpaired) electrons. The Morgan fingerprint density at radius 1 is 1.65 bits per heavy atom. The highest BCUT2D eigenvalue weighted by atomic mass is 32.1. The molecule has 1 aliphatic heterocycles. The van der Waals surface area contributed by atoms with Crippen molar-refractivity contribution in [3.05, 3.63) is 10.7 Å². The quantitative estimate of drug-likeness (QED) is 0.348. The zero-order chi connectivity index (χ0) is 19.6. The molecule has 2 rings (SSSR count). The normalized spacial score (nSPS) is 21.2. The molecular weight excluding hydrogens is 394 g/mol. The predicted octanol–water partition coefficient (Wildman–Crippen LogP) is 0.477. The van der Waals surface area contributed by atoms with Gasteiger partial charge in [0.1, 0.15) is 11.0 Å². The monoisotopic (exact) mass is 412 g/mol. The van der Waals surface area contributed by atoms with Crippen LogP contribution in [0.1, 0.15) is 18.2 Å². The number of hydrogen-bond donors (Lipinski definition) is 6. The number of rotatable bonds is 7. The number of hydrogen-bond acceptors (Lipinski definition) is 7. The fourth-order valence-electron chi connectivity index (χ4n) is 2.06. The van der Waals surface area contributed by atoms with Gasteiger partial charge in [-0.05, 0) is 13.3 Å². The first kappa shape index (κ1) is 20.6. The molecule has 2 heterocycles. The third kappa shape index (κ3) is 4.69. The van der Waals surface area contributed by atoms with Gasteiger partial charge in [-0.25, -0.2) is 14.4 Å². The SMILES string of the molecule is C[C@@H](NP(=O)(O)OCc1sc(N2CC[C@@H](N)NC2=O)c(F)c1O)C(=O)O. The molecular formula is C12H18FN4O7PS. The zero-order valence-electron chi connectivity index (χ0n) is 13.5. The molecule has 1 saturated heterocycles. The molecule has 7 N–H and O–H groups in total. The third-order valence-electron chi connectivity index (χ3n) is 3.44. The van der Waals surface area contributed by atoms with Crippen molar-refractivity contribution in [1.82, 2.24) is 10.4 Å². The van der Waals surface area contributed by atoms with Crippen LogP contribution in [0.4, 0.5) is 14.2 Å². The van der Waals surface area contributed by atoms with E-state index in [4.69, 9.17) is 15.4 Å². The number of carboxylic acid groups (broad SMARTS) is 1. The van der Waals surface area contributed by atoms with Crippen LogP contribution in [0.5, 0.6) is 5.75 Å². The number of aliphatic carboxylic acids is 1. The Morgan fingerprint density at radius 2 is 2.31 bits per heavy atom. The minimum absolute atomic E-state index is 0.125. The molecule has 26 heavy (non-hydrogen) atoms. The standard InChI is InChI=1S/C12H18FN4O7PS/c1-5(11(19)20)16-25(22,23)24-4-6-9(18)8(13)10(26-6)17-3-2-7(14)15-12(17)21/h5,7,18H,2-4,14H2,1H3,(H,15,21)(H,19,20)(H2,16,22,23)/t5-,7+/m1/s1. The lowest BCUT2D eigenvalue weighted by Crippen LogP contribution is -2.55. The second kappa shape index (κ2) is 7.86. The van der Waals surface area contributed by atoms with Gasteiger partial charge in [-0.3, -0.25) is 14.2 Å². The van der Waals surface area contributed by atoms with E-state index in [1.165, 1.54) is 0 Å². The fourth-order valence-corrected chi connectivity index (χ4v) is 4.13. The minimum Gasteiger partial charge on any atom is -0.504 e. The summed E-state index contributed by atoms with van der Waals surface area (Å²) in [6.07, 6.45) is -0.195. The van der Waals surface area contributed by atoms with Gasteiger partial charge in [-0.1, -0.05) is 0 Å². The average molecular weight is 412 g/mol. The maximum Gasteiger partial charge on any atom is 0.404 e. The van der Waals surface area contributed by atoms with Crippen molar-refractivity contribution in [2.45, 2.75) is 32.2 Å². The van der Waals surface area contributed by atoms with E-state index in [9.17, 15) is 28.5 Å². The smallest absolute Gasteiger partial charge is 0.404 e. The van der Waals surface area contributed by atoms with Gasteiger partial charge in [-0.2, -0.15) is 4.39 Å². The van der Waals surface area contributed by atoms with Gasteiger partial charge in [0.05, 0.1) is 17.6 Å². The molecule has 1 aliphatic rings. The highest BCUT2D eigenvalue weighted by molar-refractivity contribution is 7.50. The van der Waals surface area contributed by atoms with Crippen LogP contribution in [0.25, 0.3) is 0 Å². The van der Waals surface area contributed by atoms with Gasteiger partial charge in [0.25, 0.3) is 0 Å². The molecule has 3 atom stereocenters. The Kier molecular flexibility index (Phi) is 6.21. The minimum atomic E-state index is -4.51. The molecule has 0 aliphatic carbocycles. The summed E-state index contributed by atoms with van der Waals surface area (Å²) >= 11 is 0.661. The van der Waals surface area contributed by atoms with Gasteiger partial charge in [0.15, 0.2) is 11.6 Å². The van der Waals surface area contributed by atoms with E-state index in [0.717, 1.165) is 11.8 Å². The van der Waals surface area contributed by atoms with Crippen molar-refractivity contribution in [2.24, 2.45) is 5.73 Å². The van der Waals surface area contributed by atoms with E-state index in [0.29, 0.717) is 17.8 Å². The Labute approximate surface area is 151 Å². The Hall–Kier alpha value is -1.76. The third-order valence-corrected chi connectivity index (χ3v) is 5.78. The lowest BCUT2D eigenvalue weighted by Gasteiger charge is -2.29. The van der Waals surface area contributed by atoms with Gasteiger partial charge in [0, 0.05) is 6.54 Å². The fraction of sp³-hybridized carbons (Fsp3) is 0.500. The van der Waals surface area contributed by atoms with Gasteiger partial charge in [0.2, 0.25) is 0 Å². The number of carboxylic acids is 1. The molecule has 0 aromatic carbocycles. The molecule has 2 amide bonds. The molecule has 0 bridgehead atoms. The Balaban J connectivity index is 2.11. The second-order valence-electron chi connectivity index (χ2n) is 5.47. The van der Waals surface area contributed by atoms with Crippen molar-refractivity contribution in [3.63, 3.8) is 0 Å². The maximum atomic E-state index is 14.2. The van der Waals surface area contributed by atoms with Gasteiger partial charge < -0.3 is 26.2 Å². The average Bonchev–Trinajstić information content (AvgIpc) is 2.81. The number of carbonyl (C=O) groups excluding carboxylic acids is 1. The summed E-state index contributed by atoms with van der Waals surface area (Å²) < 4.78 is 30.7. The number of amides is 2. The van der Waals surface area contributed by atoms with Crippen molar-refractivity contribution < 1.29 is 38.2 Å². The molecule has 1 aromatic rings. The van der Waals surface area contributed by atoms with Crippen molar-refractivity contribution in [3.8, 4) is 5.75 Å². The number of aromatic hydroxyl groups is 1. The molecule has 0 saturated carbocycles. The van der Waals surface area contributed by atoms with E-state index in [1.807, 2.05) is 5.09 Å². The first-order chi connectivity index (χ1) is 12.0. The molecule has 146 valence electrons. The first-order valence-corrected chi connectivity index (χ1v) is 9.73. The van der Waals surface area contributed by atoms with Crippen molar-refractivity contribution >= 4 is 36.1 Å². The Morgan fingerprint density at radius 3 is 2.88 bits per heavy atom. The van der Waals surface area contributed by atoms with E-state index in [2.05, 4.69) is 5.32 Å². The first-order valence-electron chi connectivity index (χ1n) is 7.33. The summed E-state index contributed by atoms with van der Waals surface area (Å²) in [6.45, 7) is 0.588. The van der Waals surface area contributed by atoms with Crippen LogP contribution in [-0.4, -0.2) is 45.9 Å². The van der Waals surface area contributed by atoms with Crippen LogP contribution in [-0.2, 0) is 20.5 Å². The van der Waals surface area contributed by atoms with Gasteiger partial charge in [-0.15, -0.1) is 11.3 Å². The topological polar surface area (TPSA) is 174 Å². The van der Waals surface area contributed by atoms with Gasteiger partial charge >= 0.3 is 19.7 Å². The lowest BCUT2D eigenvalue weighted by molar-refractivity contribution is -0.138. The summed E-state index contributed by atoms with van der Waals surface area (Å²) in [5.41, 5.74) is 5.57. The zero-order valence-corrected chi connectivity index (χ0v) is 15.2. The molecule has 14 heteroatoms. The van der Waals surface area contributed by atoms with E-state index in [-0.39, 0.29) is 16.4 Å². The van der Waals surface area contributed by atoms with E-state index in [1.54, 1.807) is 0 Å². The summed E-state index contributed by atoms with van der Waals surface area (Å²) in [4.78, 5) is 33.1. The second-order valence-corrected chi connectivity index (χ2v) is 8.11. The highest BCUT2D eigenvalue weighted by Gasteiger charge is 2.32.